The maximum atomic E-state index is 12.4. The van der Waals surface area contributed by atoms with Crippen molar-refractivity contribution in [3.05, 3.63) is 48.0 Å². The number of hydrogen-bond acceptors (Lipinski definition) is 5. The highest BCUT2D eigenvalue weighted by Crippen LogP contribution is 2.34. The van der Waals surface area contributed by atoms with Crippen LogP contribution in [-0.2, 0) is 30.5 Å². The zero-order valence-electron chi connectivity index (χ0n) is 15.8. The number of esters is 1. The second kappa shape index (κ2) is 8.82. The van der Waals surface area contributed by atoms with Crippen molar-refractivity contribution in [2.75, 3.05) is 6.54 Å². The van der Waals surface area contributed by atoms with E-state index in [0.29, 0.717) is 19.4 Å². The lowest BCUT2D eigenvalue weighted by Gasteiger charge is -2.16. The Morgan fingerprint density at radius 2 is 1.71 bits per heavy atom. The molecule has 0 saturated carbocycles. The summed E-state index contributed by atoms with van der Waals surface area (Å²) in [7, 11) is 0. The number of ether oxygens (including phenoxy) is 1. The number of carbonyl (C=O) groups is 4. The first-order chi connectivity index (χ1) is 13.5. The van der Waals surface area contributed by atoms with Crippen LogP contribution in [0.5, 0.6) is 0 Å². The molecule has 0 spiro atoms. The molecule has 2 aliphatic rings. The summed E-state index contributed by atoms with van der Waals surface area (Å²) in [6.45, 7) is 1.82. The van der Waals surface area contributed by atoms with E-state index in [-0.39, 0.29) is 36.6 Å². The smallest absolute Gasteiger partial charge is 0.308 e. The summed E-state index contributed by atoms with van der Waals surface area (Å²) in [5.41, 5.74) is 0.941. The number of fused-ring (bicyclic) bond motifs is 1. The Balaban J connectivity index is 1.43. The number of nitrogens with zero attached hydrogens (tertiary/aromatic N) is 1. The minimum Gasteiger partial charge on any atom is -0.452 e. The van der Waals surface area contributed by atoms with E-state index in [0.717, 1.165) is 10.5 Å². The van der Waals surface area contributed by atoms with Crippen LogP contribution in [0.2, 0.25) is 0 Å². The molecule has 0 radical (unpaired) electrons. The van der Waals surface area contributed by atoms with Gasteiger partial charge >= 0.3 is 5.97 Å². The van der Waals surface area contributed by atoms with Crippen molar-refractivity contribution >= 4 is 23.7 Å². The van der Waals surface area contributed by atoms with Gasteiger partial charge in [0, 0.05) is 13.1 Å². The van der Waals surface area contributed by atoms with Crippen LogP contribution in [0, 0.1) is 11.8 Å². The maximum Gasteiger partial charge on any atom is 0.308 e. The molecule has 7 heteroatoms. The number of amides is 3. The normalized spacial score (nSPS) is 22.0. The number of benzene rings is 1. The Hall–Kier alpha value is -2.96. The van der Waals surface area contributed by atoms with Crippen molar-refractivity contribution in [1.82, 2.24) is 10.2 Å². The third-order valence-corrected chi connectivity index (χ3v) is 5.13. The molecule has 1 aliphatic heterocycles. The van der Waals surface area contributed by atoms with E-state index >= 15 is 0 Å². The van der Waals surface area contributed by atoms with Crippen molar-refractivity contribution in [1.29, 1.82) is 0 Å². The van der Waals surface area contributed by atoms with Crippen LogP contribution in [0.3, 0.4) is 0 Å². The van der Waals surface area contributed by atoms with Crippen LogP contribution < -0.4 is 5.32 Å². The van der Waals surface area contributed by atoms with Gasteiger partial charge in [-0.2, -0.15) is 0 Å². The van der Waals surface area contributed by atoms with E-state index in [1.165, 1.54) is 6.92 Å². The highest BCUT2D eigenvalue weighted by molar-refractivity contribution is 6.05. The van der Waals surface area contributed by atoms with E-state index in [1.54, 1.807) is 0 Å². The number of rotatable bonds is 7. The first-order valence-electron chi connectivity index (χ1n) is 9.48. The average Bonchev–Trinajstić information content (AvgIpc) is 2.95. The molecule has 1 aromatic carbocycles. The van der Waals surface area contributed by atoms with Gasteiger partial charge in [0.15, 0.2) is 6.10 Å². The van der Waals surface area contributed by atoms with E-state index < -0.39 is 18.0 Å². The molecular weight excluding hydrogens is 360 g/mol. The molecule has 148 valence electrons. The summed E-state index contributed by atoms with van der Waals surface area (Å²) in [4.78, 5) is 50.0. The third kappa shape index (κ3) is 4.47. The van der Waals surface area contributed by atoms with Crippen LogP contribution in [0.25, 0.3) is 0 Å². The number of carbonyl (C=O) groups excluding carboxylic acids is 4. The van der Waals surface area contributed by atoms with Gasteiger partial charge in [0.2, 0.25) is 11.8 Å². The second-order valence-corrected chi connectivity index (χ2v) is 7.07. The third-order valence-electron chi connectivity index (χ3n) is 5.13. The van der Waals surface area contributed by atoms with Crippen LogP contribution in [0.1, 0.15) is 31.7 Å². The van der Waals surface area contributed by atoms with Crippen molar-refractivity contribution in [3.63, 3.8) is 0 Å². The summed E-state index contributed by atoms with van der Waals surface area (Å²) >= 11 is 0. The second-order valence-electron chi connectivity index (χ2n) is 7.07. The largest absolute Gasteiger partial charge is 0.452 e. The number of allylic oxidation sites excluding steroid dienone is 2. The predicted molar refractivity (Wildman–Crippen MR) is 101 cm³/mol. The fraction of sp³-hybridized carbons (Fsp3) is 0.429. The number of imide groups is 1. The van der Waals surface area contributed by atoms with Gasteiger partial charge in [-0.3, -0.25) is 24.1 Å². The number of likely N-dealkylation sites (tertiary alicyclic amines) is 1. The molecule has 3 amide bonds. The zero-order chi connectivity index (χ0) is 20.1. The lowest BCUT2D eigenvalue weighted by Crippen LogP contribution is -2.37. The molecule has 7 nitrogen and oxygen atoms in total. The van der Waals surface area contributed by atoms with E-state index in [9.17, 15) is 19.2 Å². The van der Waals surface area contributed by atoms with Gasteiger partial charge in [-0.25, -0.2) is 0 Å². The molecule has 0 unspecified atom stereocenters. The molecule has 1 aliphatic carbocycles. The van der Waals surface area contributed by atoms with Crippen LogP contribution in [-0.4, -0.2) is 41.2 Å². The molecule has 1 heterocycles. The average molecular weight is 384 g/mol. The predicted octanol–water partition coefficient (Wildman–Crippen LogP) is 1.58. The topological polar surface area (TPSA) is 92.8 Å². The summed E-state index contributed by atoms with van der Waals surface area (Å²) in [5, 5.41) is 2.71. The van der Waals surface area contributed by atoms with E-state index in [2.05, 4.69) is 5.32 Å². The van der Waals surface area contributed by atoms with Gasteiger partial charge in [0.1, 0.15) is 0 Å². The summed E-state index contributed by atoms with van der Waals surface area (Å²) in [6.07, 6.45) is 3.89. The highest BCUT2D eigenvalue weighted by atomic mass is 16.5. The lowest BCUT2D eigenvalue weighted by molar-refractivity contribution is -0.155. The number of hydrogen-bond donors (Lipinski definition) is 1. The fourth-order valence-corrected chi connectivity index (χ4v) is 3.53. The SMILES string of the molecule is C[C@H](OC(=O)CCN1C(=O)[C@H]2CC=CC[C@@H]2C1=O)C(=O)NCc1ccccc1. The monoisotopic (exact) mass is 384 g/mol. The van der Waals surface area contributed by atoms with Crippen molar-refractivity contribution in [3.8, 4) is 0 Å². The van der Waals surface area contributed by atoms with Crippen molar-refractivity contribution in [2.45, 2.75) is 38.8 Å². The summed E-state index contributed by atoms with van der Waals surface area (Å²) < 4.78 is 5.14. The molecule has 3 atom stereocenters. The maximum absolute atomic E-state index is 12.4. The molecule has 3 rings (SSSR count). The lowest BCUT2D eigenvalue weighted by atomic mass is 9.85. The minimum absolute atomic E-state index is 0.0120. The van der Waals surface area contributed by atoms with Gasteiger partial charge < -0.3 is 10.1 Å². The Bertz CT molecular complexity index is 763. The Morgan fingerprint density at radius 1 is 1.11 bits per heavy atom. The summed E-state index contributed by atoms with van der Waals surface area (Å²) in [5.74, 6) is -2.08. The molecule has 1 aromatic rings. The van der Waals surface area contributed by atoms with E-state index in [1.807, 2.05) is 42.5 Å². The van der Waals surface area contributed by atoms with Gasteiger partial charge in [0.25, 0.3) is 5.91 Å². The first-order valence-corrected chi connectivity index (χ1v) is 9.48. The summed E-state index contributed by atoms with van der Waals surface area (Å²) in [6, 6.07) is 9.40. The highest BCUT2D eigenvalue weighted by Gasteiger charge is 2.47. The quantitative estimate of drug-likeness (QED) is 0.438. The zero-order valence-corrected chi connectivity index (χ0v) is 15.8. The Kier molecular flexibility index (Phi) is 6.23. The molecule has 1 fully saturated rings. The molecule has 28 heavy (non-hydrogen) atoms. The number of nitrogens with one attached hydrogen (secondary N) is 1. The Labute approximate surface area is 163 Å². The molecule has 1 saturated heterocycles. The molecular formula is C21H24N2O5. The molecule has 1 N–H and O–H groups in total. The van der Waals surface area contributed by atoms with Crippen LogP contribution in [0.15, 0.2) is 42.5 Å². The van der Waals surface area contributed by atoms with Crippen LogP contribution >= 0.6 is 0 Å². The van der Waals surface area contributed by atoms with Gasteiger partial charge in [-0.15, -0.1) is 0 Å². The van der Waals surface area contributed by atoms with Crippen LogP contribution in [0.4, 0.5) is 0 Å². The Morgan fingerprint density at radius 3 is 2.32 bits per heavy atom. The minimum atomic E-state index is -0.951. The molecule has 0 bridgehead atoms. The van der Waals surface area contributed by atoms with Crippen molar-refractivity contribution < 1.29 is 23.9 Å². The fourth-order valence-electron chi connectivity index (χ4n) is 3.53. The van der Waals surface area contributed by atoms with Gasteiger partial charge in [-0.05, 0) is 25.3 Å². The first kappa shape index (κ1) is 19.8. The molecule has 0 aromatic heterocycles. The van der Waals surface area contributed by atoms with Gasteiger partial charge in [0.05, 0.1) is 18.3 Å². The van der Waals surface area contributed by atoms with Gasteiger partial charge in [-0.1, -0.05) is 42.5 Å². The standard InChI is InChI=1S/C21H24N2O5/c1-14(19(25)22-13-15-7-3-2-4-8-15)28-18(24)11-12-23-20(26)16-9-5-6-10-17(16)21(23)27/h2-8,14,16-17H,9-13H2,1H3,(H,22,25)/t14-,16-,17-/m0/s1. The van der Waals surface area contributed by atoms with E-state index in [4.69, 9.17) is 4.74 Å². The van der Waals surface area contributed by atoms with Crippen molar-refractivity contribution in [2.24, 2.45) is 11.8 Å².